The van der Waals surface area contributed by atoms with Crippen molar-refractivity contribution in [2.24, 2.45) is 0 Å². The average Bonchev–Trinajstić information content (AvgIpc) is 2.56. The fraction of sp³-hybridized carbons (Fsp3) is 0.357. The van der Waals surface area contributed by atoms with Crippen LogP contribution in [0.1, 0.15) is 22.3 Å². The molecule has 0 radical (unpaired) electrons. The average molecular weight is 292 g/mol. The zero-order valence-corrected chi connectivity index (χ0v) is 11.8. The molecule has 1 aromatic carbocycles. The number of esters is 1. The number of carboxylic acid groups (broad SMARTS) is 1. The Kier molecular flexibility index (Phi) is 4.11. The summed E-state index contributed by atoms with van der Waals surface area (Å²) in [6, 6.07) is 3.85. The number of hydrogen-bond donors (Lipinski definition) is 2. The number of rotatable bonds is 3. The van der Waals surface area contributed by atoms with Gasteiger partial charge < -0.3 is 20.1 Å². The van der Waals surface area contributed by atoms with Crippen molar-refractivity contribution in [2.75, 3.05) is 19.5 Å². The number of hydrogen-bond acceptors (Lipinski definition) is 5. The summed E-state index contributed by atoms with van der Waals surface area (Å²) in [6.45, 7) is 0.346. The molecule has 1 aliphatic heterocycles. The Morgan fingerprint density at radius 3 is 2.81 bits per heavy atom. The van der Waals surface area contributed by atoms with E-state index in [0.717, 1.165) is 5.56 Å². The van der Waals surface area contributed by atoms with E-state index in [4.69, 9.17) is 5.11 Å². The Labute approximate surface area is 121 Å². The maximum absolute atomic E-state index is 12.2. The van der Waals surface area contributed by atoms with Crippen LogP contribution in [0.4, 0.5) is 5.69 Å². The van der Waals surface area contributed by atoms with E-state index in [1.54, 1.807) is 13.1 Å². The van der Waals surface area contributed by atoms with E-state index < -0.39 is 18.0 Å². The minimum absolute atomic E-state index is 0.115. The number of carbonyl (C=O) groups is 3. The van der Waals surface area contributed by atoms with Crippen LogP contribution >= 0.6 is 0 Å². The molecule has 0 aliphatic carbocycles. The number of fused-ring (bicyclic) bond motifs is 1. The fourth-order valence-corrected chi connectivity index (χ4v) is 2.22. The zero-order chi connectivity index (χ0) is 15.6. The number of ether oxygens (including phenoxy) is 1. The Morgan fingerprint density at radius 2 is 2.19 bits per heavy atom. The number of benzene rings is 1. The molecule has 0 aromatic heterocycles. The van der Waals surface area contributed by atoms with Crippen molar-refractivity contribution in [3.8, 4) is 0 Å². The first-order chi connectivity index (χ1) is 9.92. The van der Waals surface area contributed by atoms with Gasteiger partial charge >= 0.3 is 11.9 Å². The van der Waals surface area contributed by atoms with Gasteiger partial charge in [-0.3, -0.25) is 9.59 Å². The lowest BCUT2D eigenvalue weighted by molar-refractivity contribution is -0.143. The molecule has 1 amide bonds. The predicted molar refractivity (Wildman–Crippen MR) is 73.9 cm³/mol. The van der Waals surface area contributed by atoms with Crippen molar-refractivity contribution in [3.63, 3.8) is 0 Å². The minimum atomic E-state index is -1.05. The standard InChI is InChI=1S/C14H16N2O5/c1-16-7-9-4-3-8(14(19)20)5-10(9)15-11(13(16)18)6-12(17)21-2/h3-5,11,15H,6-7H2,1-2H3,(H,19,20)/t11-/m0/s1. The number of amides is 1. The number of methoxy groups -OCH3 is 1. The molecule has 0 fully saturated rings. The molecule has 0 saturated heterocycles. The van der Waals surface area contributed by atoms with Crippen molar-refractivity contribution >= 4 is 23.5 Å². The zero-order valence-electron chi connectivity index (χ0n) is 11.8. The Morgan fingerprint density at radius 1 is 1.48 bits per heavy atom. The van der Waals surface area contributed by atoms with E-state index in [9.17, 15) is 14.4 Å². The van der Waals surface area contributed by atoms with Gasteiger partial charge in [0.1, 0.15) is 6.04 Å². The first kappa shape index (κ1) is 14.8. The maximum atomic E-state index is 12.2. The van der Waals surface area contributed by atoms with Crippen LogP contribution in [0.5, 0.6) is 0 Å². The number of carbonyl (C=O) groups excluding carboxylic acids is 2. The molecule has 7 nitrogen and oxygen atoms in total. The molecular weight excluding hydrogens is 276 g/mol. The molecule has 2 N–H and O–H groups in total. The van der Waals surface area contributed by atoms with E-state index in [2.05, 4.69) is 10.1 Å². The van der Waals surface area contributed by atoms with Gasteiger partial charge in [-0.15, -0.1) is 0 Å². The van der Waals surface area contributed by atoms with Gasteiger partial charge in [0.2, 0.25) is 5.91 Å². The molecule has 112 valence electrons. The van der Waals surface area contributed by atoms with Gasteiger partial charge in [-0.25, -0.2) is 4.79 Å². The first-order valence-electron chi connectivity index (χ1n) is 6.37. The number of nitrogens with zero attached hydrogens (tertiary/aromatic N) is 1. The summed E-state index contributed by atoms with van der Waals surface area (Å²) in [5.74, 6) is -1.80. The van der Waals surface area contributed by atoms with E-state index >= 15 is 0 Å². The Bertz CT molecular complexity index is 599. The van der Waals surface area contributed by atoms with Crippen LogP contribution in [0.3, 0.4) is 0 Å². The predicted octanol–water partition coefficient (Wildman–Crippen LogP) is 0.700. The lowest BCUT2D eigenvalue weighted by Crippen LogP contribution is -2.39. The second-order valence-corrected chi connectivity index (χ2v) is 4.85. The van der Waals surface area contributed by atoms with Crippen molar-refractivity contribution in [1.82, 2.24) is 4.90 Å². The topological polar surface area (TPSA) is 95.9 Å². The van der Waals surface area contributed by atoms with Gasteiger partial charge in [0.25, 0.3) is 0 Å². The van der Waals surface area contributed by atoms with Crippen molar-refractivity contribution in [2.45, 2.75) is 19.0 Å². The molecule has 21 heavy (non-hydrogen) atoms. The van der Waals surface area contributed by atoms with Crippen LogP contribution in [-0.4, -0.2) is 48.1 Å². The Balaban J connectivity index is 2.35. The number of anilines is 1. The highest BCUT2D eigenvalue weighted by molar-refractivity contribution is 5.92. The summed E-state index contributed by atoms with van der Waals surface area (Å²) >= 11 is 0. The van der Waals surface area contributed by atoms with Crippen LogP contribution in [-0.2, 0) is 20.9 Å². The lowest BCUT2D eigenvalue weighted by atomic mass is 10.1. The molecule has 1 aromatic rings. The number of aromatic carboxylic acids is 1. The van der Waals surface area contributed by atoms with Crippen molar-refractivity contribution in [1.29, 1.82) is 0 Å². The Hall–Kier alpha value is -2.57. The molecule has 1 atom stereocenters. The quantitative estimate of drug-likeness (QED) is 0.796. The SMILES string of the molecule is COC(=O)C[C@@H]1Nc2cc(C(=O)O)ccc2CN(C)C1=O. The van der Waals surface area contributed by atoms with Gasteiger partial charge in [-0.2, -0.15) is 0 Å². The summed E-state index contributed by atoms with van der Waals surface area (Å²) in [4.78, 5) is 36.1. The maximum Gasteiger partial charge on any atom is 0.335 e. The molecule has 0 unspecified atom stereocenters. The smallest absolute Gasteiger partial charge is 0.335 e. The van der Waals surface area contributed by atoms with Gasteiger partial charge in [0, 0.05) is 19.3 Å². The second-order valence-electron chi connectivity index (χ2n) is 4.85. The molecule has 0 saturated carbocycles. The summed E-state index contributed by atoms with van der Waals surface area (Å²) in [7, 11) is 2.89. The molecule has 0 spiro atoms. The van der Waals surface area contributed by atoms with Gasteiger partial charge in [-0.1, -0.05) is 6.07 Å². The molecule has 7 heteroatoms. The van der Waals surface area contributed by atoms with Crippen LogP contribution in [0.15, 0.2) is 18.2 Å². The van der Waals surface area contributed by atoms with Crippen molar-refractivity contribution in [3.05, 3.63) is 29.3 Å². The van der Waals surface area contributed by atoms with Crippen LogP contribution in [0.2, 0.25) is 0 Å². The first-order valence-corrected chi connectivity index (χ1v) is 6.37. The highest BCUT2D eigenvalue weighted by Gasteiger charge is 2.29. The van der Waals surface area contributed by atoms with E-state index in [1.165, 1.54) is 24.1 Å². The largest absolute Gasteiger partial charge is 0.478 e. The normalized spacial score (nSPS) is 17.5. The number of likely N-dealkylation sites (N-methyl/N-ethyl adjacent to an activating group) is 1. The molecule has 1 heterocycles. The third kappa shape index (κ3) is 3.13. The molecule has 0 bridgehead atoms. The van der Waals surface area contributed by atoms with Crippen LogP contribution < -0.4 is 5.32 Å². The monoisotopic (exact) mass is 292 g/mol. The summed E-state index contributed by atoms with van der Waals surface area (Å²) in [5.41, 5.74) is 1.46. The van der Waals surface area contributed by atoms with Gasteiger partial charge in [0.05, 0.1) is 19.1 Å². The minimum Gasteiger partial charge on any atom is -0.478 e. The van der Waals surface area contributed by atoms with Crippen molar-refractivity contribution < 1.29 is 24.2 Å². The molecule has 2 rings (SSSR count). The summed E-state index contributed by atoms with van der Waals surface area (Å²) in [5, 5.41) is 12.0. The molecular formula is C14H16N2O5. The highest BCUT2D eigenvalue weighted by Crippen LogP contribution is 2.25. The van der Waals surface area contributed by atoms with Crippen LogP contribution in [0.25, 0.3) is 0 Å². The van der Waals surface area contributed by atoms with Gasteiger partial charge in [0.15, 0.2) is 0 Å². The summed E-state index contributed by atoms with van der Waals surface area (Å²) < 4.78 is 4.58. The van der Waals surface area contributed by atoms with E-state index in [-0.39, 0.29) is 17.9 Å². The lowest BCUT2D eigenvalue weighted by Gasteiger charge is -2.19. The van der Waals surface area contributed by atoms with Crippen LogP contribution in [0, 0.1) is 0 Å². The summed E-state index contributed by atoms with van der Waals surface area (Å²) in [6.07, 6.45) is -0.115. The fourth-order valence-electron chi connectivity index (χ4n) is 2.22. The van der Waals surface area contributed by atoms with E-state index in [1.807, 2.05) is 0 Å². The van der Waals surface area contributed by atoms with Gasteiger partial charge in [-0.05, 0) is 17.7 Å². The number of carboxylic acids is 1. The highest BCUT2D eigenvalue weighted by atomic mass is 16.5. The van der Waals surface area contributed by atoms with E-state index in [0.29, 0.717) is 12.2 Å². The third-order valence-electron chi connectivity index (χ3n) is 3.37. The second kappa shape index (κ2) is 5.82. The number of nitrogens with one attached hydrogen (secondary N) is 1. The molecule has 1 aliphatic rings. The third-order valence-corrected chi connectivity index (χ3v) is 3.37.